The first-order valence-corrected chi connectivity index (χ1v) is 11.8. The molecule has 0 unspecified atom stereocenters. The summed E-state index contributed by atoms with van der Waals surface area (Å²) in [6, 6.07) is 45.1. The molecule has 0 bridgehead atoms. The molecule has 1 aliphatic rings. The second-order valence-corrected chi connectivity index (χ2v) is 8.46. The number of aromatic nitrogens is 1. The Morgan fingerprint density at radius 3 is 1.68 bits per heavy atom. The van der Waals surface area contributed by atoms with Gasteiger partial charge in [-0.1, -0.05) is 84.9 Å². The Kier molecular flexibility index (Phi) is 7.11. The van der Waals surface area contributed by atoms with Gasteiger partial charge in [0.25, 0.3) is 0 Å². The van der Waals surface area contributed by atoms with Gasteiger partial charge in [0.05, 0.1) is 6.07 Å². The van der Waals surface area contributed by atoms with Crippen LogP contribution in [-0.2, 0) is 22.4 Å². The molecule has 0 spiro atoms. The summed E-state index contributed by atoms with van der Waals surface area (Å²) in [4.78, 5) is 8.91. The first kappa shape index (κ1) is 24.4. The minimum atomic E-state index is 0. The summed E-state index contributed by atoms with van der Waals surface area (Å²) >= 11 is 0. The Labute approximate surface area is 231 Å². The van der Waals surface area contributed by atoms with Gasteiger partial charge in [0.15, 0.2) is 0 Å². The van der Waals surface area contributed by atoms with E-state index in [9.17, 15) is 0 Å². The van der Waals surface area contributed by atoms with Crippen molar-refractivity contribution in [3.05, 3.63) is 140 Å². The molecule has 5 heteroatoms. The zero-order valence-corrected chi connectivity index (χ0v) is 22.0. The molecule has 5 aromatic carbocycles. The number of hydrogen-bond acceptors (Lipinski definition) is 3. The third kappa shape index (κ3) is 4.64. The average molecular weight is 660 g/mol. The van der Waals surface area contributed by atoms with Gasteiger partial charge in [0, 0.05) is 50.7 Å². The molecule has 0 atom stereocenters. The largest absolute Gasteiger partial charge is 0.656 e. The Morgan fingerprint density at radius 1 is 0.568 bits per heavy atom. The van der Waals surface area contributed by atoms with E-state index in [4.69, 9.17) is 5.26 Å². The first-order valence-electron chi connectivity index (χ1n) is 11.8. The molecule has 4 nitrogen and oxygen atoms in total. The third-order valence-corrected chi connectivity index (χ3v) is 6.28. The summed E-state index contributed by atoms with van der Waals surface area (Å²) < 4.78 is 0. The Balaban J connectivity index is 0.000000155. The van der Waals surface area contributed by atoms with Crippen molar-refractivity contribution in [2.75, 3.05) is 9.80 Å². The molecular weight excluding hydrogens is 637 g/mol. The molecule has 37 heavy (non-hydrogen) atoms. The van der Waals surface area contributed by atoms with Crippen LogP contribution in [0.15, 0.2) is 127 Å². The van der Waals surface area contributed by atoms with Gasteiger partial charge in [-0.25, -0.2) is 0 Å². The maximum absolute atomic E-state index is 8.97. The Bertz CT molecular complexity index is 1620. The molecule has 0 saturated heterocycles. The van der Waals surface area contributed by atoms with Gasteiger partial charge in [0.1, 0.15) is 0 Å². The van der Waals surface area contributed by atoms with E-state index in [0.29, 0.717) is 5.56 Å². The van der Waals surface area contributed by atoms with Gasteiger partial charge in [-0.05, 0) is 53.2 Å². The molecule has 1 aliphatic heterocycles. The third-order valence-electron chi connectivity index (χ3n) is 6.28. The van der Waals surface area contributed by atoms with E-state index < -0.39 is 0 Å². The molecule has 0 fully saturated rings. The van der Waals surface area contributed by atoms with Crippen LogP contribution < -0.4 is 14.8 Å². The van der Waals surface area contributed by atoms with Gasteiger partial charge in [-0.2, -0.15) is 5.26 Å². The summed E-state index contributed by atoms with van der Waals surface area (Å²) in [5.41, 5.74) is 7.15. The molecule has 0 aliphatic carbocycles. The molecule has 1 radical (unpaired) electrons. The predicted molar refractivity (Wildman–Crippen MR) is 147 cm³/mol. The van der Waals surface area contributed by atoms with Gasteiger partial charge in [-0.3, -0.25) is 0 Å². The second-order valence-electron chi connectivity index (χ2n) is 8.46. The summed E-state index contributed by atoms with van der Waals surface area (Å²) in [5, 5.41) is 11.1. The molecule has 183 valence electrons. The van der Waals surface area contributed by atoms with Gasteiger partial charge < -0.3 is 14.8 Å². The van der Waals surface area contributed by atoms with E-state index in [2.05, 4.69) is 100 Å². The van der Waals surface area contributed by atoms with Crippen LogP contribution in [0.3, 0.4) is 0 Å². The van der Waals surface area contributed by atoms with E-state index in [0.717, 1.165) is 21.8 Å². The maximum Gasteiger partial charge on any atom is 0.0978 e. The van der Waals surface area contributed by atoms with E-state index in [1.165, 1.54) is 22.7 Å². The van der Waals surface area contributed by atoms with Crippen molar-refractivity contribution >= 4 is 44.6 Å². The smallest absolute Gasteiger partial charge is 0.0978 e. The van der Waals surface area contributed by atoms with Crippen LogP contribution in [0.5, 0.6) is 0 Å². The van der Waals surface area contributed by atoms with E-state index in [-0.39, 0.29) is 22.4 Å². The van der Waals surface area contributed by atoms with Gasteiger partial charge >= 0.3 is 0 Å². The van der Waals surface area contributed by atoms with Crippen molar-refractivity contribution in [1.82, 2.24) is 4.98 Å². The fourth-order valence-corrected chi connectivity index (χ4v) is 4.59. The number of rotatable bonds is 2. The van der Waals surface area contributed by atoms with Crippen LogP contribution in [0.25, 0.3) is 21.8 Å². The molecular formula is C32H22AuN4-2. The Morgan fingerprint density at radius 2 is 1.08 bits per heavy atom. The van der Waals surface area contributed by atoms with Crippen molar-refractivity contribution in [3.8, 4) is 6.07 Å². The quantitative estimate of drug-likeness (QED) is 0.140. The normalized spacial score (nSPS) is 11.9. The van der Waals surface area contributed by atoms with Crippen LogP contribution in [-0.4, -0.2) is 0 Å². The zero-order valence-electron chi connectivity index (χ0n) is 19.8. The molecule has 7 rings (SSSR count). The van der Waals surface area contributed by atoms with Gasteiger partial charge in [-0.15, -0.1) is 17.7 Å². The number of hydrogen-bond donors (Lipinski definition) is 0. The van der Waals surface area contributed by atoms with Gasteiger partial charge in [0.2, 0.25) is 0 Å². The number of fused-ring (bicyclic) bond motifs is 4. The number of nitrogens with zero attached hydrogens (tertiary/aromatic N) is 4. The van der Waals surface area contributed by atoms with Crippen LogP contribution >= 0.6 is 0 Å². The minimum absolute atomic E-state index is 0. The molecule has 2 heterocycles. The number of anilines is 4. The van der Waals surface area contributed by atoms with E-state index in [1.54, 1.807) is 6.07 Å². The zero-order chi connectivity index (χ0) is 24.3. The average Bonchev–Trinajstić information content (AvgIpc) is 3.53. The van der Waals surface area contributed by atoms with Crippen molar-refractivity contribution < 1.29 is 22.4 Å². The SMILES string of the molecule is N#Cc1cccc2c1[n-]c1ccccc12.[Au].c1ccc(N2[CH-]N(c3ccccc3)c3ccccc32)cc1. The molecule has 1 aromatic heterocycles. The Hall–Kier alpha value is -4.27. The monoisotopic (exact) mass is 659 g/mol. The number of benzene rings is 5. The van der Waals surface area contributed by atoms with Crippen molar-refractivity contribution in [2.24, 2.45) is 0 Å². The minimum Gasteiger partial charge on any atom is -0.656 e. The van der Waals surface area contributed by atoms with Crippen molar-refractivity contribution in [2.45, 2.75) is 0 Å². The molecule has 6 aromatic rings. The van der Waals surface area contributed by atoms with Crippen LogP contribution in [0.4, 0.5) is 22.7 Å². The summed E-state index contributed by atoms with van der Waals surface area (Å²) in [7, 11) is 0. The molecule has 0 saturated carbocycles. The fraction of sp³-hybridized carbons (Fsp3) is 0. The van der Waals surface area contributed by atoms with Crippen molar-refractivity contribution in [1.29, 1.82) is 5.26 Å². The summed E-state index contributed by atoms with van der Waals surface area (Å²) in [6.07, 6.45) is 0. The second kappa shape index (κ2) is 10.8. The number of nitriles is 1. The predicted octanol–water partition coefficient (Wildman–Crippen LogP) is 7.92. The van der Waals surface area contributed by atoms with E-state index in [1.807, 2.05) is 48.5 Å². The van der Waals surface area contributed by atoms with Crippen LogP contribution in [0, 0.1) is 18.0 Å². The number of para-hydroxylation sites is 6. The molecule has 0 N–H and O–H groups in total. The maximum atomic E-state index is 8.97. The molecule has 0 amide bonds. The standard InChI is InChI=1S/C19H15N2.C13H7N2.Au/c1-3-9-16(10-4-1)20-15-21(17-11-5-2-6-12-17)19-14-8-7-13-18(19)20;14-8-9-4-3-6-11-10-5-1-2-7-12(10)15-13(9)11;/h1-15H;1-7H;/q2*-1;. The summed E-state index contributed by atoms with van der Waals surface area (Å²) in [6.45, 7) is 2.15. The van der Waals surface area contributed by atoms with Crippen molar-refractivity contribution in [3.63, 3.8) is 0 Å². The topological polar surface area (TPSA) is 44.4 Å². The first-order chi connectivity index (χ1) is 17.8. The van der Waals surface area contributed by atoms with E-state index >= 15 is 0 Å². The van der Waals surface area contributed by atoms with Crippen LogP contribution in [0.1, 0.15) is 5.56 Å². The summed E-state index contributed by atoms with van der Waals surface area (Å²) in [5.74, 6) is 0. The fourth-order valence-electron chi connectivity index (χ4n) is 4.59. The van der Waals surface area contributed by atoms with Crippen LogP contribution in [0.2, 0.25) is 0 Å².